The standard InChI is InChI=1S/C22H22N4O4/c1-23-20(28)18-11-14-7-5-6-8-15(14)13-25(18)19(27)12-17-21(29)26(22(30)24-17)16-9-3-2-4-10-16/h2-10,17-18H,11-13H2,1H3,(H,23,28)(H,24,30)/t17-,18-/m1/s1. The van der Waals surface area contributed by atoms with Crippen LogP contribution in [0.1, 0.15) is 17.5 Å². The van der Waals surface area contributed by atoms with Gasteiger partial charge in [-0.25, -0.2) is 9.69 Å². The zero-order valence-electron chi connectivity index (χ0n) is 16.5. The Morgan fingerprint density at radius 3 is 2.40 bits per heavy atom. The van der Waals surface area contributed by atoms with Crippen molar-refractivity contribution in [2.45, 2.75) is 31.5 Å². The van der Waals surface area contributed by atoms with Crippen LogP contribution >= 0.6 is 0 Å². The molecule has 0 bridgehead atoms. The molecule has 1 saturated heterocycles. The SMILES string of the molecule is CNC(=O)[C@H]1Cc2ccccc2CN1C(=O)C[C@H]1NC(=O)N(c2ccccc2)C1=O. The highest BCUT2D eigenvalue weighted by Crippen LogP contribution is 2.26. The number of amides is 5. The number of nitrogens with zero attached hydrogens (tertiary/aromatic N) is 2. The Kier molecular flexibility index (Phi) is 5.22. The summed E-state index contributed by atoms with van der Waals surface area (Å²) in [5, 5.41) is 5.20. The third kappa shape index (κ3) is 3.52. The Balaban J connectivity index is 1.53. The topological polar surface area (TPSA) is 98.8 Å². The minimum absolute atomic E-state index is 0.205. The van der Waals surface area contributed by atoms with Crippen molar-refractivity contribution >= 4 is 29.4 Å². The molecule has 5 amide bonds. The summed E-state index contributed by atoms with van der Waals surface area (Å²) in [5.41, 5.74) is 2.44. The first-order valence-electron chi connectivity index (χ1n) is 9.77. The largest absolute Gasteiger partial charge is 0.357 e. The van der Waals surface area contributed by atoms with Crippen molar-refractivity contribution in [3.63, 3.8) is 0 Å². The Labute approximate surface area is 173 Å². The number of fused-ring (bicyclic) bond motifs is 1. The van der Waals surface area contributed by atoms with Gasteiger partial charge < -0.3 is 15.5 Å². The number of anilines is 1. The third-order valence-electron chi connectivity index (χ3n) is 5.53. The molecule has 2 heterocycles. The van der Waals surface area contributed by atoms with E-state index in [4.69, 9.17) is 0 Å². The smallest absolute Gasteiger partial charge is 0.329 e. The molecule has 8 heteroatoms. The average molecular weight is 406 g/mol. The van der Waals surface area contributed by atoms with Crippen molar-refractivity contribution in [1.82, 2.24) is 15.5 Å². The molecule has 2 aliphatic rings. The predicted octanol–water partition coefficient (Wildman–Crippen LogP) is 1.20. The number of likely N-dealkylation sites (N-methyl/N-ethyl adjacent to an activating group) is 1. The van der Waals surface area contributed by atoms with E-state index in [1.165, 1.54) is 11.9 Å². The van der Waals surface area contributed by atoms with E-state index in [0.717, 1.165) is 16.0 Å². The van der Waals surface area contributed by atoms with E-state index in [9.17, 15) is 19.2 Å². The van der Waals surface area contributed by atoms with Crippen LogP contribution in [0.15, 0.2) is 54.6 Å². The normalized spacial score (nSPS) is 20.6. The summed E-state index contributed by atoms with van der Waals surface area (Å²) in [6.45, 7) is 0.282. The Morgan fingerprint density at radius 2 is 1.70 bits per heavy atom. The van der Waals surface area contributed by atoms with Crippen LogP contribution in [0, 0.1) is 0 Å². The molecular weight excluding hydrogens is 384 g/mol. The maximum atomic E-state index is 13.1. The molecule has 0 radical (unpaired) electrons. The van der Waals surface area contributed by atoms with Crippen LogP contribution in [-0.4, -0.2) is 47.8 Å². The molecule has 0 saturated carbocycles. The van der Waals surface area contributed by atoms with Gasteiger partial charge >= 0.3 is 6.03 Å². The fourth-order valence-corrected chi connectivity index (χ4v) is 3.97. The number of hydrogen-bond acceptors (Lipinski definition) is 4. The highest BCUT2D eigenvalue weighted by Gasteiger charge is 2.42. The number of nitrogens with one attached hydrogen (secondary N) is 2. The average Bonchev–Trinajstić information content (AvgIpc) is 3.05. The highest BCUT2D eigenvalue weighted by atomic mass is 16.2. The molecule has 30 heavy (non-hydrogen) atoms. The van der Waals surface area contributed by atoms with Gasteiger partial charge in [0.2, 0.25) is 11.8 Å². The third-order valence-corrected chi connectivity index (χ3v) is 5.53. The summed E-state index contributed by atoms with van der Waals surface area (Å²) >= 11 is 0. The first-order chi connectivity index (χ1) is 14.5. The zero-order chi connectivity index (χ0) is 21.3. The molecule has 2 aliphatic heterocycles. The quantitative estimate of drug-likeness (QED) is 0.746. The van der Waals surface area contributed by atoms with Crippen molar-refractivity contribution in [2.24, 2.45) is 0 Å². The molecule has 2 N–H and O–H groups in total. The summed E-state index contributed by atoms with van der Waals surface area (Å²) in [4.78, 5) is 53.2. The second kappa shape index (κ2) is 7.98. The van der Waals surface area contributed by atoms with Gasteiger partial charge in [-0.2, -0.15) is 0 Å². The van der Waals surface area contributed by atoms with Crippen molar-refractivity contribution in [2.75, 3.05) is 11.9 Å². The van der Waals surface area contributed by atoms with E-state index in [1.807, 2.05) is 24.3 Å². The Bertz CT molecular complexity index is 1010. The van der Waals surface area contributed by atoms with Crippen molar-refractivity contribution in [3.05, 3.63) is 65.7 Å². The summed E-state index contributed by atoms with van der Waals surface area (Å²) in [5.74, 6) is -1.09. The maximum absolute atomic E-state index is 13.1. The number of hydrogen-bond donors (Lipinski definition) is 2. The number of carbonyl (C=O) groups excluding carboxylic acids is 4. The number of benzene rings is 2. The van der Waals surface area contributed by atoms with Crippen LogP contribution in [-0.2, 0) is 27.3 Å². The number of urea groups is 1. The summed E-state index contributed by atoms with van der Waals surface area (Å²) < 4.78 is 0. The van der Waals surface area contributed by atoms with Gasteiger partial charge in [-0.1, -0.05) is 42.5 Å². The van der Waals surface area contributed by atoms with Gasteiger partial charge in [0.05, 0.1) is 12.1 Å². The van der Waals surface area contributed by atoms with Gasteiger partial charge in [0.1, 0.15) is 12.1 Å². The van der Waals surface area contributed by atoms with Gasteiger partial charge in [0, 0.05) is 20.0 Å². The fourth-order valence-electron chi connectivity index (χ4n) is 3.97. The van der Waals surface area contributed by atoms with Gasteiger partial charge in [-0.05, 0) is 23.3 Å². The predicted molar refractivity (Wildman–Crippen MR) is 109 cm³/mol. The lowest BCUT2D eigenvalue weighted by molar-refractivity contribution is -0.142. The molecule has 2 atom stereocenters. The van der Waals surface area contributed by atoms with E-state index < -0.39 is 24.0 Å². The van der Waals surface area contributed by atoms with E-state index in [-0.39, 0.29) is 24.8 Å². The molecule has 4 rings (SSSR count). The van der Waals surface area contributed by atoms with Crippen molar-refractivity contribution < 1.29 is 19.2 Å². The van der Waals surface area contributed by atoms with E-state index in [2.05, 4.69) is 10.6 Å². The molecule has 0 spiro atoms. The monoisotopic (exact) mass is 406 g/mol. The molecule has 2 aromatic carbocycles. The summed E-state index contributed by atoms with van der Waals surface area (Å²) in [7, 11) is 1.53. The number of para-hydroxylation sites is 1. The van der Waals surface area contributed by atoms with Crippen molar-refractivity contribution in [1.29, 1.82) is 0 Å². The molecule has 8 nitrogen and oxygen atoms in total. The lowest BCUT2D eigenvalue weighted by atomic mass is 9.93. The van der Waals surface area contributed by atoms with Crippen LogP contribution in [0.4, 0.5) is 10.5 Å². The molecule has 0 aromatic heterocycles. The Morgan fingerprint density at radius 1 is 1.03 bits per heavy atom. The molecule has 1 fully saturated rings. The fraction of sp³-hybridized carbons (Fsp3) is 0.273. The number of rotatable bonds is 4. The van der Waals surface area contributed by atoms with Crippen molar-refractivity contribution in [3.8, 4) is 0 Å². The second-order valence-electron chi connectivity index (χ2n) is 7.34. The molecule has 2 aromatic rings. The maximum Gasteiger partial charge on any atom is 0.329 e. The molecular formula is C22H22N4O4. The van der Waals surface area contributed by atoms with Gasteiger partial charge in [-0.3, -0.25) is 14.4 Å². The van der Waals surface area contributed by atoms with E-state index in [0.29, 0.717) is 12.1 Å². The second-order valence-corrected chi connectivity index (χ2v) is 7.34. The number of imide groups is 1. The highest BCUT2D eigenvalue weighted by molar-refractivity contribution is 6.22. The van der Waals surface area contributed by atoms with Gasteiger partial charge in [0.25, 0.3) is 5.91 Å². The Hall–Kier alpha value is -3.68. The molecule has 0 unspecified atom stereocenters. The summed E-state index contributed by atoms with van der Waals surface area (Å²) in [6.07, 6.45) is 0.201. The van der Waals surface area contributed by atoms with Crippen LogP contribution < -0.4 is 15.5 Å². The lowest BCUT2D eigenvalue weighted by Gasteiger charge is -2.36. The van der Waals surface area contributed by atoms with Gasteiger partial charge in [-0.15, -0.1) is 0 Å². The minimum atomic E-state index is -0.965. The molecule has 154 valence electrons. The lowest BCUT2D eigenvalue weighted by Crippen LogP contribution is -2.53. The van der Waals surface area contributed by atoms with E-state index in [1.54, 1.807) is 30.3 Å². The minimum Gasteiger partial charge on any atom is -0.357 e. The van der Waals surface area contributed by atoms with Gasteiger partial charge in [0.15, 0.2) is 0 Å². The number of carbonyl (C=O) groups is 4. The first kappa shape index (κ1) is 19.6. The van der Waals surface area contributed by atoms with Crippen LogP contribution in [0.3, 0.4) is 0 Å². The van der Waals surface area contributed by atoms with E-state index >= 15 is 0 Å². The first-order valence-corrected chi connectivity index (χ1v) is 9.77. The zero-order valence-corrected chi connectivity index (χ0v) is 16.5. The van der Waals surface area contributed by atoms with Crippen LogP contribution in [0.5, 0.6) is 0 Å². The summed E-state index contributed by atoms with van der Waals surface area (Å²) in [6, 6.07) is 14.1. The van der Waals surface area contributed by atoms with Crippen LogP contribution in [0.25, 0.3) is 0 Å². The van der Waals surface area contributed by atoms with Crippen LogP contribution in [0.2, 0.25) is 0 Å². The molecule has 0 aliphatic carbocycles.